The number of nitrogens with zero attached hydrogens (tertiary/aromatic N) is 3. The molecule has 24 heavy (non-hydrogen) atoms. The second-order valence-electron chi connectivity index (χ2n) is 7.25. The van der Waals surface area contributed by atoms with Crippen LogP contribution in [0, 0.1) is 0 Å². The normalized spacial score (nSPS) is 24.7. The average molecular weight is 335 g/mol. The Kier molecular flexibility index (Phi) is 5.56. The van der Waals surface area contributed by atoms with Gasteiger partial charge in [0.1, 0.15) is 0 Å². The van der Waals surface area contributed by atoms with E-state index in [1.165, 1.54) is 6.42 Å². The fourth-order valence-electron chi connectivity index (χ4n) is 4.03. The van der Waals surface area contributed by atoms with Gasteiger partial charge in [0.15, 0.2) is 0 Å². The molecular formula is C18H29N3O3. The van der Waals surface area contributed by atoms with Gasteiger partial charge in [0.05, 0.1) is 30.0 Å². The van der Waals surface area contributed by atoms with Crippen LogP contribution in [0.15, 0.2) is 12.4 Å². The monoisotopic (exact) mass is 335 g/mol. The summed E-state index contributed by atoms with van der Waals surface area (Å²) >= 11 is 0. The summed E-state index contributed by atoms with van der Waals surface area (Å²) in [4.78, 5) is 14.2. The summed E-state index contributed by atoms with van der Waals surface area (Å²) in [5.74, 6) is -0.312. The molecule has 2 heterocycles. The third-order valence-corrected chi connectivity index (χ3v) is 5.27. The minimum absolute atomic E-state index is 0.258. The molecule has 0 spiro atoms. The minimum Gasteiger partial charge on any atom is -0.462 e. The van der Waals surface area contributed by atoms with Gasteiger partial charge in [0.2, 0.25) is 0 Å². The van der Waals surface area contributed by atoms with Crippen LogP contribution in [0.5, 0.6) is 0 Å². The van der Waals surface area contributed by atoms with Gasteiger partial charge in [-0.1, -0.05) is 19.3 Å². The van der Waals surface area contributed by atoms with Gasteiger partial charge in [0.25, 0.3) is 0 Å². The summed E-state index contributed by atoms with van der Waals surface area (Å²) in [7, 11) is 0. The molecule has 1 aromatic rings. The molecule has 1 saturated carbocycles. The summed E-state index contributed by atoms with van der Waals surface area (Å²) < 4.78 is 6.92. The minimum atomic E-state index is -0.514. The molecule has 1 saturated heterocycles. The van der Waals surface area contributed by atoms with Crippen molar-refractivity contribution in [1.29, 1.82) is 0 Å². The number of piperidine rings is 1. The Morgan fingerprint density at radius 3 is 2.92 bits per heavy atom. The lowest BCUT2D eigenvalue weighted by Crippen LogP contribution is -2.48. The van der Waals surface area contributed by atoms with Crippen molar-refractivity contribution in [2.75, 3.05) is 26.2 Å². The number of likely N-dealkylation sites (tertiary alicyclic amines) is 1. The van der Waals surface area contributed by atoms with Gasteiger partial charge in [-0.2, -0.15) is 5.10 Å². The maximum Gasteiger partial charge on any atom is 0.341 e. The van der Waals surface area contributed by atoms with E-state index in [1.807, 2.05) is 4.68 Å². The highest BCUT2D eigenvalue weighted by molar-refractivity contribution is 5.88. The lowest BCUT2D eigenvalue weighted by atomic mass is 9.84. The molecule has 0 aromatic carbocycles. The van der Waals surface area contributed by atoms with E-state index >= 15 is 0 Å². The molecular weight excluding hydrogens is 306 g/mol. The van der Waals surface area contributed by atoms with Crippen molar-refractivity contribution in [3.63, 3.8) is 0 Å². The number of carbonyl (C=O) groups is 1. The van der Waals surface area contributed by atoms with Crippen molar-refractivity contribution in [2.45, 2.75) is 63.5 Å². The molecule has 1 aliphatic heterocycles. The van der Waals surface area contributed by atoms with E-state index in [-0.39, 0.29) is 12.0 Å². The van der Waals surface area contributed by atoms with Gasteiger partial charge in [-0.15, -0.1) is 0 Å². The van der Waals surface area contributed by atoms with Gasteiger partial charge in [-0.3, -0.25) is 9.58 Å². The number of aliphatic hydroxyl groups is 1. The Labute approximate surface area is 143 Å². The third-order valence-electron chi connectivity index (χ3n) is 5.27. The average Bonchev–Trinajstić information content (AvgIpc) is 3.06. The van der Waals surface area contributed by atoms with Crippen molar-refractivity contribution < 1.29 is 14.6 Å². The molecule has 1 atom stereocenters. The first kappa shape index (κ1) is 17.4. The zero-order chi connectivity index (χ0) is 17.0. The van der Waals surface area contributed by atoms with E-state index in [4.69, 9.17) is 4.74 Å². The molecule has 6 nitrogen and oxygen atoms in total. The Bertz CT molecular complexity index is 551. The zero-order valence-corrected chi connectivity index (χ0v) is 14.6. The summed E-state index contributed by atoms with van der Waals surface area (Å²) in [6.45, 7) is 4.85. The van der Waals surface area contributed by atoms with Gasteiger partial charge in [-0.05, 0) is 39.2 Å². The number of rotatable bonds is 5. The fourth-order valence-corrected chi connectivity index (χ4v) is 4.03. The first-order valence-electron chi connectivity index (χ1n) is 9.26. The van der Waals surface area contributed by atoms with Crippen molar-refractivity contribution in [1.82, 2.24) is 14.7 Å². The number of esters is 1. The predicted molar refractivity (Wildman–Crippen MR) is 90.9 cm³/mol. The third kappa shape index (κ3) is 4.16. The molecule has 6 heteroatoms. The molecule has 134 valence electrons. The SMILES string of the molecule is CCOC(=O)c1cnn(C2CCCN(CC3(O)CCCCC3)C2)c1. The molecule has 1 aliphatic carbocycles. The van der Waals surface area contributed by atoms with E-state index in [9.17, 15) is 9.90 Å². The van der Waals surface area contributed by atoms with Gasteiger partial charge in [0, 0.05) is 19.3 Å². The molecule has 1 aromatic heterocycles. The molecule has 0 radical (unpaired) electrons. The van der Waals surface area contributed by atoms with Crippen LogP contribution in [-0.2, 0) is 4.74 Å². The highest BCUT2D eigenvalue weighted by atomic mass is 16.5. The Morgan fingerprint density at radius 1 is 1.38 bits per heavy atom. The van der Waals surface area contributed by atoms with Crippen LogP contribution < -0.4 is 0 Å². The van der Waals surface area contributed by atoms with Crippen LogP contribution >= 0.6 is 0 Å². The molecule has 1 N–H and O–H groups in total. The van der Waals surface area contributed by atoms with E-state index < -0.39 is 5.60 Å². The smallest absolute Gasteiger partial charge is 0.341 e. The predicted octanol–water partition coefficient (Wildman–Crippen LogP) is 2.39. The van der Waals surface area contributed by atoms with Crippen LogP contribution in [0.25, 0.3) is 0 Å². The number of ether oxygens (including phenoxy) is 1. The Balaban J connectivity index is 1.60. The van der Waals surface area contributed by atoms with E-state index in [0.717, 1.165) is 58.2 Å². The second-order valence-corrected chi connectivity index (χ2v) is 7.25. The van der Waals surface area contributed by atoms with Crippen LogP contribution in [0.4, 0.5) is 0 Å². The van der Waals surface area contributed by atoms with E-state index in [2.05, 4.69) is 10.00 Å². The number of aromatic nitrogens is 2. The standard InChI is InChI=1S/C18H29N3O3/c1-2-24-17(22)15-11-19-21(12-15)16-7-6-10-20(13-16)14-18(23)8-4-3-5-9-18/h11-12,16,23H,2-10,13-14H2,1H3. The first-order valence-corrected chi connectivity index (χ1v) is 9.26. The molecule has 1 unspecified atom stereocenters. The number of carbonyl (C=O) groups excluding carboxylic acids is 1. The largest absolute Gasteiger partial charge is 0.462 e. The summed E-state index contributed by atoms with van der Waals surface area (Å²) in [5, 5.41) is 15.2. The molecule has 0 bridgehead atoms. The van der Waals surface area contributed by atoms with Gasteiger partial charge < -0.3 is 9.84 Å². The Morgan fingerprint density at radius 2 is 2.17 bits per heavy atom. The van der Waals surface area contributed by atoms with Crippen LogP contribution in [0.1, 0.15) is 68.3 Å². The van der Waals surface area contributed by atoms with Crippen molar-refractivity contribution >= 4 is 5.97 Å². The first-order chi connectivity index (χ1) is 11.6. The summed E-state index contributed by atoms with van der Waals surface area (Å²) in [5.41, 5.74) is 0.000237. The quantitative estimate of drug-likeness (QED) is 0.837. The lowest BCUT2D eigenvalue weighted by molar-refractivity contribution is -0.0341. The maximum absolute atomic E-state index is 11.8. The second kappa shape index (κ2) is 7.66. The molecule has 2 aliphatic rings. The van der Waals surface area contributed by atoms with Crippen molar-refractivity contribution in [2.24, 2.45) is 0 Å². The highest BCUT2D eigenvalue weighted by Gasteiger charge is 2.33. The van der Waals surface area contributed by atoms with Crippen molar-refractivity contribution in [3.05, 3.63) is 18.0 Å². The number of hydrogen-bond donors (Lipinski definition) is 1. The van der Waals surface area contributed by atoms with E-state index in [1.54, 1.807) is 19.3 Å². The topological polar surface area (TPSA) is 67.6 Å². The molecule has 3 rings (SSSR count). The fraction of sp³-hybridized carbons (Fsp3) is 0.778. The van der Waals surface area contributed by atoms with Crippen LogP contribution in [0.2, 0.25) is 0 Å². The number of hydrogen-bond acceptors (Lipinski definition) is 5. The number of β-amino-alcohol motifs (C(OH)–C–C–N with tert-alkyl or cyclic N) is 1. The summed E-state index contributed by atoms with van der Waals surface area (Å²) in [6.07, 6.45) is 10.9. The van der Waals surface area contributed by atoms with E-state index in [0.29, 0.717) is 12.2 Å². The van der Waals surface area contributed by atoms with Gasteiger partial charge in [-0.25, -0.2) is 4.79 Å². The van der Waals surface area contributed by atoms with Crippen molar-refractivity contribution in [3.8, 4) is 0 Å². The molecule has 0 amide bonds. The van der Waals surface area contributed by atoms with Gasteiger partial charge >= 0.3 is 5.97 Å². The van der Waals surface area contributed by atoms with Crippen LogP contribution in [-0.4, -0.2) is 57.6 Å². The van der Waals surface area contributed by atoms with Crippen LogP contribution in [0.3, 0.4) is 0 Å². The summed E-state index contributed by atoms with van der Waals surface area (Å²) in [6, 6.07) is 0.258. The Hall–Kier alpha value is -1.40. The molecule has 2 fully saturated rings. The maximum atomic E-state index is 11.8. The highest BCUT2D eigenvalue weighted by Crippen LogP contribution is 2.31. The zero-order valence-electron chi connectivity index (χ0n) is 14.6. The lowest BCUT2D eigenvalue weighted by Gasteiger charge is -2.40.